The third-order valence-electron chi connectivity index (χ3n) is 2.64. The van der Waals surface area contributed by atoms with Crippen molar-refractivity contribution in [3.8, 4) is 0 Å². The first-order chi connectivity index (χ1) is 10.5. The number of thiazole rings is 1. The highest BCUT2D eigenvalue weighted by Crippen LogP contribution is 2.44. The second-order valence-corrected chi connectivity index (χ2v) is 6.72. The van der Waals surface area contributed by atoms with Crippen molar-refractivity contribution >= 4 is 45.0 Å². The van der Waals surface area contributed by atoms with E-state index < -0.39 is 15.9 Å². The largest absolute Gasteiger partial charge is 0.481 e. The first-order valence-electron chi connectivity index (χ1n) is 5.77. The molecule has 0 aliphatic carbocycles. The first-order valence-corrected chi connectivity index (χ1v) is 7.41. The Bertz CT molecular complexity index is 820. The number of nitro groups is 1. The van der Waals surface area contributed by atoms with Crippen LogP contribution in [0.25, 0.3) is 10.2 Å². The van der Waals surface area contributed by atoms with E-state index in [0.29, 0.717) is 14.6 Å². The Kier molecular flexibility index (Phi) is 3.54. The Morgan fingerprint density at radius 3 is 2.77 bits per heavy atom. The molecular weight excluding hydrogens is 332 g/mol. The van der Waals surface area contributed by atoms with Gasteiger partial charge in [0.05, 0.1) is 15.1 Å². The molecule has 0 saturated carbocycles. The van der Waals surface area contributed by atoms with Crippen molar-refractivity contribution in [1.82, 2.24) is 4.98 Å². The Morgan fingerprint density at radius 1 is 1.41 bits per heavy atom. The summed E-state index contributed by atoms with van der Waals surface area (Å²) in [7, 11) is 0. The molecule has 22 heavy (non-hydrogen) atoms. The zero-order chi connectivity index (χ0) is 15.7. The number of benzene rings is 1. The lowest BCUT2D eigenvalue weighted by atomic mass is 10.3. The van der Waals surface area contributed by atoms with E-state index in [2.05, 4.69) is 25.7 Å². The lowest BCUT2D eigenvalue weighted by molar-refractivity contribution is -0.384. The van der Waals surface area contributed by atoms with Gasteiger partial charge in [-0.1, -0.05) is 0 Å². The van der Waals surface area contributed by atoms with Crippen LogP contribution >= 0.6 is 23.1 Å². The molecule has 2 heterocycles. The maximum atomic E-state index is 10.9. The van der Waals surface area contributed by atoms with Gasteiger partial charge in [-0.3, -0.25) is 14.9 Å². The Labute approximate surface area is 130 Å². The van der Waals surface area contributed by atoms with Crippen LogP contribution in [-0.4, -0.2) is 26.0 Å². The predicted octanol–water partition coefficient (Wildman–Crippen LogP) is 3.26. The number of thioether (sulfide) groups is 1. The number of rotatable bonds is 5. The summed E-state index contributed by atoms with van der Waals surface area (Å²) in [4.78, 5) is 24.1. The molecular formula is C10H6N6O4S2. The molecule has 10 nitrogen and oxygen atoms in total. The highest BCUT2D eigenvalue weighted by Gasteiger charge is 2.38. The number of hydrogen-bond donors (Lipinski definition) is 1. The van der Waals surface area contributed by atoms with Crippen LogP contribution in [0.4, 0.5) is 5.69 Å². The molecule has 0 bridgehead atoms. The van der Waals surface area contributed by atoms with Crippen LogP contribution in [0.5, 0.6) is 0 Å². The molecule has 12 heteroatoms. The number of carboxylic acids is 1. The molecule has 1 N–H and O–H groups in total. The minimum Gasteiger partial charge on any atom is -0.481 e. The first kappa shape index (κ1) is 14.5. The fourth-order valence-electron chi connectivity index (χ4n) is 1.73. The third-order valence-corrected chi connectivity index (χ3v) is 4.85. The fraction of sp³-hybridized carbons (Fsp3) is 0.200. The highest BCUT2D eigenvalue weighted by atomic mass is 32.2. The van der Waals surface area contributed by atoms with Crippen molar-refractivity contribution in [2.24, 2.45) is 20.7 Å². The second kappa shape index (κ2) is 5.38. The number of aliphatic carboxylic acids is 1. The number of non-ortho nitro benzene ring substituents is 1. The van der Waals surface area contributed by atoms with Crippen LogP contribution < -0.4 is 0 Å². The van der Waals surface area contributed by atoms with Gasteiger partial charge < -0.3 is 5.11 Å². The summed E-state index contributed by atoms with van der Waals surface area (Å²) in [5.74, 6) is -1.09. The molecule has 0 saturated heterocycles. The van der Waals surface area contributed by atoms with Gasteiger partial charge in [0.1, 0.15) is 6.42 Å². The Hall–Kier alpha value is -2.47. The number of carbonyl (C=O) groups is 1. The number of fused-ring (bicyclic) bond motifs is 1. The summed E-state index contributed by atoms with van der Waals surface area (Å²) in [5.41, 5.74) is 0.545. The molecule has 1 aliphatic heterocycles. The molecule has 3 rings (SSSR count). The molecule has 0 amide bonds. The van der Waals surface area contributed by atoms with E-state index in [1.807, 2.05) is 0 Å². The van der Waals surface area contributed by atoms with Crippen molar-refractivity contribution in [3.63, 3.8) is 0 Å². The van der Waals surface area contributed by atoms with Gasteiger partial charge in [-0.2, -0.15) is 0 Å². The molecule has 2 aromatic rings. The van der Waals surface area contributed by atoms with E-state index in [0.717, 1.165) is 11.8 Å². The van der Waals surface area contributed by atoms with Gasteiger partial charge in [-0.05, 0) is 28.3 Å². The minimum atomic E-state index is -1.37. The lowest BCUT2D eigenvalue weighted by Crippen LogP contribution is -2.21. The highest BCUT2D eigenvalue weighted by molar-refractivity contribution is 8.02. The molecule has 0 unspecified atom stereocenters. The van der Waals surface area contributed by atoms with E-state index in [9.17, 15) is 14.9 Å². The lowest BCUT2D eigenvalue weighted by Gasteiger charge is -2.14. The third kappa shape index (κ3) is 2.78. The van der Waals surface area contributed by atoms with Gasteiger partial charge in [-0.15, -0.1) is 21.6 Å². The SMILES string of the molecule is O=C(O)CC1(Sc2nc3ccc([N+](=O)[O-])cc3s2)N=NN=N1. The number of hydrogen-bond acceptors (Lipinski definition) is 10. The number of nitrogens with zero attached hydrogens (tertiary/aromatic N) is 6. The topological polar surface area (TPSA) is 143 Å². The maximum Gasteiger partial charge on any atom is 0.308 e. The average Bonchev–Trinajstić information content (AvgIpc) is 3.03. The summed E-state index contributed by atoms with van der Waals surface area (Å²) in [6, 6.07) is 4.31. The molecule has 0 atom stereocenters. The standard InChI is InChI=1S/C10H6N6O4S2/c17-8(18)4-10(12-14-15-13-10)22-9-11-6-2-1-5(16(19)20)3-7(6)21-9/h1-3H,4H2,(H,17,18). The van der Waals surface area contributed by atoms with E-state index in [1.54, 1.807) is 0 Å². The minimum absolute atomic E-state index is 0.0341. The van der Waals surface area contributed by atoms with Crippen molar-refractivity contribution in [1.29, 1.82) is 0 Å². The van der Waals surface area contributed by atoms with Crippen molar-refractivity contribution < 1.29 is 14.8 Å². The normalized spacial score (nSPS) is 15.5. The van der Waals surface area contributed by atoms with Crippen molar-refractivity contribution in [2.45, 2.75) is 15.8 Å². The Morgan fingerprint density at radius 2 is 2.14 bits per heavy atom. The summed E-state index contributed by atoms with van der Waals surface area (Å²) in [6.45, 7) is 0. The van der Waals surface area contributed by atoms with Crippen LogP contribution in [0, 0.1) is 10.1 Å². The molecule has 112 valence electrons. The molecule has 1 aliphatic rings. The molecule has 0 spiro atoms. The number of carboxylic acid groups (broad SMARTS) is 1. The van der Waals surface area contributed by atoms with Gasteiger partial charge in [0.2, 0.25) is 0 Å². The summed E-state index contributed by atoms with van der Waals surface area (Å²) in [5, 5.41) is 33.9. The molecule has 0 radical (unpaired) electrons. The van der Waals surface area contributed by atoms with Crippen LogP contribution in [0.1, 0.15) is 6.42 Å². The van der Waals surface area contributed by atoms with E-state index in [4.69, 9.17) is 5.11 Å². The Balaban J connectivity index is 1.93. The van der Waals surface area contributed by atoms with Crippen LogP contribution in [0.3, 0.4) is 0 Å². The van der Waals surface area contributed by atoms with Crippen LogP contribution in [0.2, 0.25) is 0 Å². The zero-order valence-corrected chi connectivity index (χ0v) is 12.2. The smallest absolute Gasteiger partial charge is 0.308 e. The number of nitro benzene ring substituents is 1. The monoisotopic (exact) mass is 338 g/mol. The van der Waals surface area contributed by atoms with Gasteiger partial charge in [0, 0.05) is 12.1 Å². The van der Waals surface area contributed by atoms with E-state index >= 15 is 0 Å². The van der Waals surface area contributed by atoms with Gasteiger partial charge in [0.15, 0.2) is 4.34 Å². The summed E-state index contributed by atoms with van der Waals surface area (Å²) < 4.78 is 1.10. The quantitative estimate of drug-likeness (QED) is 0.654. The maximum absolute atomic E-state index is 10.9. The molecule has 1 aromatic carbocycles. The fourth-order valence-corrected chi connectivity index (χ4v) is 4.07. The average molecular weight is 338 g/mol. The van der Waals surface area contributed by atoms with Gasteiger partial charge in [0.25, 0.3) is 10.7 Å². The number of aromatic nitrogens is 1. The second-order valence-electron chi connectivity index (χ2n) is 4.18. The predicted molar refractivity (Wildman–Crippen MR) is 76.8 cm³/mol. The van der Waals surface area contributed by atoms with Crippen molar-refractivity contribution in [3.05, 3.63) is 28.3 Å². The van der Waals surface area contributed by atoms with Crippen LogP contribution in [-0.2, 0) is 4.79 Å². The summed E-state index contributed by atoms with van der Waals surface area (Å²) in [6.07, 6.45) is -0.388. The van der Waals surface area contributed by atoms with E-state index in [-0.39, 0.29) is 12.1 Å². The van der Waals surface area contributed by atoms with Crippen LogP contribution in [0.15, 0.2) is 43.2 Å². The zero-order valence-electron chi connectivity index (χ0n) is 10.6. The summed E-state index contributed by atoms with van der Waals surface area (Å²) >= 11 is 2.20. The van der Waals surface area contributed by atoms with E-state index in [1.165, 1.54) is 29.5 Å². The van der Waals surface area contributed by atoms with Gasteiger partial charge >= 0.3 is 5.97 Å². The molecule has 0 fully saturated rings. The molecule has 1 aromatic heterocycles. The van der Waals surface area contributed by atoms with Gasteiger partial charge in [-0.25, -0.2) is 4.98 Å². The van der Waals surface area contributed by atoms with Crippen molar-refractivity contribution in [2.75, 3.05) is 0 Å².